The van der Waals surface area contributed by atoms with E-state index in [2.05, 4.69) is 44.0 Å². The molecular weight excluding hydrogens is 232 g/mol. The highest BCUT2D eigenvalue weighted by atomic mass is 32.1. The highest BCUT2D eigenvalue weighted by molar-refractivity contribution is 7.13. The van der Waals surface area contributed by atoms with Crippen LogP contribution in [0.4, 0.5) is 5.82 Å². The largest absolute Gasteiger partial charge is 0.353 e. The van der Waals surface area contributed by atoms with Gasteiger partial charge in [0.25, 0.3) is 0 Å². The summed E-state index contributed by atoms with van der Waals surface area (Å²) in [7, 11) is 0. The van der Waals surface area contributed by atoms with E-state index in [4.69, 9.17) is 0 Å². The van der Waals surface area contributed by atoms with Crippen LogP contribution >= 0.6 is 11.3 Å². The summed E-state index contributed by atoms with van der Waals surface area (Å²) in [5, 5.41) is 14.0. The van der Waals surface area contributed by atoms with Gasteiger partial charge in [0.15, 0.2) is 5.82 Å². The molecule has 5 heteroatoms. The Morgan fingerprint density at radius 3 is 2.65 bits per heavy atom. The highest BCUT2D eigenvalue weighted by Gasteiger charge is 2.12. The highest BCUT2D eigenvalue weighted by Crippen LogP contribution is 2.23. The molecule has 17 heavy (non-hydrogen) atoms. The van der Waals surface area contributed by atoms with Crippen LogP contribution in [0.3, 0.4) is 0 Å². The van der Waals surface area contributed by atoms with Crippen molar-refractivity contribution in [2.24, 2.45) is 0 Å². The average molecular weight is 246 g/mol. The van der Waals surface area contributed by atoms with Gasteiger partial charge in [0.05, 0.1) is 4.88 Å². The second kappa shape index (κ2) is 4.81. The van der Waals surface area contributed by atoms with E-state index in [9.17, 15) is 0 Å². The molecule has 0 saturated carbocycles. The van der Waals surface area contributed by atoms with Crippen molar-refractivity contribution in [3.05, 3.63) is 29.6 Å². The predicted molar refractivity (Wildman–Crippen MR) is 70.4 cm³/mol. The summed E-state index contributed by atoms with van der Waals surface area (Å²) in [5.41, 5.74) is 0.957. The monoisotopic (exact) mass is 246 g/mol. The van der Waals surface area contributed by atoms with Crippen molar-refractivity contribution in [3.8, 4) is 10.6 Å². The van der Waals surface area contributed by atoms with Gasteiger partial charge < -0.3 is 10.2 Å². The van der Waals surface area contributed by atoms with Crippen LogP contribution in [-0.4, -0.2) is 36.4 Å². The number of piperazine rings is 1. The number of rotatable bonds is 2. The molecule has 1 aliphatic heterocycles. The van der Waals surface area contributed by atoms with E-state index < -0.39 is 0 Å². The first-order valence-corrected chi connectivity index (χ1v) is 6.65. The molecule has 3 heterocycles. The molecule has 1 fully saturated rings. The molecule has 1 aliphatic rings. The molecule has 0 amide bonds. The van der Waals surface area contributed by atoms with Gasteiger partial charge in [-0.1, -0.05) is 6.07 Å². The second-order valence-corrected chi connectivity index (χ2v) is 4.94. The summed E-state index contributed by atoms with van der Waals surface area (Å²) >= 11 is 1.69. The number of hydrogen-bond acceptors (Lipinski definition) is 5. The van der Waals surface area contributed by atoms with Crippen LogP contribution < -0.4 is 10.2 Å². The molecule has 3 rings (SSSR count). The fourth-order valence-corrected chi connectivity index (χ4v) is 2.63. The maximum absolute atomic E-state index is 4.31. The van der Waals surface area contributed by atoms with Crippen molar-refractivity contribution < 1.29 is 0 Å². The van der Waals surface area contributed by atoms with E-state index in [0.29, 0.717) is 0 Å². The van der Waals surface area contributed by atoms with E-state index in [1.807, 2.05) is 6.07 Å². The molecular formula is C12H14N4S. The Bertz CT molecular complexity index is 460. The van der Waals surface area contributed by atoms with E-state index in [1.54, 1.807) is 11.3 Å². The van der Waals surface area contributed by atoms with Crippen LogP contribution in [-0.2, 0) is 0 Å². The molecule has 0 unspecified atom stereocenters. The minimum atomic E-state index is 0.957. The van der Waals surface area contributed by atoms with Gasteiger partial charge >= 0.3 is 0 Å². The summed E-state index contributed by atoms with van der Waals surface area (Å²) in [6.07, 6.45) is 0. The number of nitrogens with one attached hydrogen (secondary N) is 1. The lowest BCUT2D eigenvalue weighted by Gasteiger charge is -2.27. The Balaban J connectivity index is 1.80. The topological polar surface area (TPSA) is 41.0 Å². The van der Waals surface area contributed by atoms with E-state index in [1.165, 1.54) is 4.88 Å². The molecule has 88 valence electrons. The quantitative estimate of drug-likeness (QED) is 0.874. The first-order chi connectivity index (χ1) is 8.43. The molecule has 0 spiro atoms. The zero-order chi connectivity index (χ0) is 11.5. The molecule has 1 saturated heterocycles. The van der Waals surface area contributed by atoms with Crippen molar-refractivity contribution >= 4 is 17.2 Å². The van der Waals surface area contributed by atoms with Crippen LogP contribution in [0.5, 0.6) is 0 Å². The first-order valence-electron chi connectivity index (χ1n) is 5.77. The van der Waals surface area contributed by atoms with Crippen molar-refractivity contribution in [3.63, 3.8) is 0 Å². The van der Waals surface area contributed by atoms with Crippen molar-refractivity contribution in [2.45, 2.75) is 0 Å². The normalized spacial score (nSPS) is 16.1. The van der Waals surface area contributed by atoms with Gasteiger partial charge in [-0.3, -0.25) is 0 Å². The average Bonchev–Trinajstić information content (AvgIpc) is 2.94. The van der Waals surface area contributed by atoms with Gasteiger partial charge in [-0.2, -0.15) is 0 Å². The summed E-state index contributed by atoms with van der Waals surface area (Å²) in [4.78, 5) is 3.44. The zero-order valence-corrected chi connectivity index (χ0v) is 10.3. The van der Waals surface area contributed by atoms with E-state index >= 15 is 0 Å². The van der Waals surface area contributed by atoms with E-state index in [-0.39, 0.29) is 0 Å². The number of anilines is 1. The van der Waals surface area contributed by atoms with Gasteiger partial charge in [-0.25, -0.2) is 0 Å². The Kier molecular flexibility index (Phi) is 3.02. The summed E-state index contributed by atoms with van der Waals surface area (Å²) < 4.78 is 0. The Labute approximate surface area is 104 Å². The molecule has 2 aromatic heterocycles. The zero-order valence-electron chi connectivity index (χ0n) is 9.47. The molecule has 0 atom stereocenters. The van der Waals surface area contributed by atoms with Crippen LogP contribution in [0.25, 0.3) is 10.6 Å². The minimum Gasteiger partial charge on any atom is -0.353 e. The molecule has 2 aromatic rings. The van der Waals surface area contributed by atoms with Crippen LogP contribution in [0.2, 0.25) is 0 Å². The van der Waals surface area contributed by atoms with Crippen molar-refractivity contribution in [1.29, 1.82) is 0 Å². The maximum Gasteiger partial charge on any atom is 0.151 e. The van der Waals surface area contributed by atoms with Gasteiger partial charge in [-0.05, 0) is 23.6 Å². The molecule has 0 aromatic carbocycles. The molecule has 0 bridgehead atoms. The van der Waals surface area contributed by atoms with Crippen LogP contribution in [0.1, 0.15) is 0 Å². The van der Waals surface area contributed by atoms with Gasteiger partial charge in [0, 0.05) is 26.2 Å². The lowest BCUT2D eigenvalue weighted by atomic mass is 10.3. The van der Waals surface area contributed by atoms with Crippen molar-refractivity contribution in [2.75, 3.05) is 31.1 Å². The lowest BCUT2D eigenvalue weighted by Crippen LogP contribution is -2.43. The third-order valence-corrected chi connectivity index (χ3v) is 3.76. The van der Waals surface area contributed by atoms with Crippen LogP contribution in [0.15, 0.2) is 29.6 Å². The fourth-order valence-electron chi connectivity index (χ4n) is 1.94. The third-order valence-electron chi connectivity index (χ3n) is 2.87. The molecule has 1 N–H and O–H groups in total. The minimum absolute atomic E-state index is 0.957. The number of nitrogens with zero attached hydrogens (tertiary/aromatic N) is 3. The van der Waals surface area contributed by atoms with Gasteiger partial charge in [0.2, 0.25) is 0 Å². The van der Waals surface area contributed by atoms with E-state index in [0.717, 1.165) is 37.7 Å². The number of aromatic nitrogens is 2. The lowest BCUT2D eigenvalue weighted by molar-refractivity contribution is 0.583. The Morgan fingerprint density at radius 1 is 1.12 bits per heavy atom. The maximum atomic E-state index is 4.31. The van der Waals surface area contributed by atoms with Crippen molar-refractivity contribution in [1.82, 2.24) is 15.5 Å². The second-order valence-electron chi connectivity index (χ2n) is 3.99. The SMILES string of the molecule is c1csc(-c2ccc(N3CCNCC3)nn2)c1. The number of thiophene rings is 1. The van der Waals surface area contributed by atoms with Gasteiger partial charge in [0.1, 0.15) is 5.69 Å². The molecule has 0 radical (unpaired) electrons. The third kappa shape index (κ3) is 2.30. The van der Waals surface area contributed by atoms with Gasteiger partial charge in [-0.15, -0.1) is 21.5 Å². The first kappa shape index (κ1) is 10.7. The Morgan fingerprint density at radius 2 is 2.00 bits per heavy atom. The standard InChI is InChI=1S/C12H14N4S/c1-2-11(17-9-1)10-3-4-12(15-14-10)16-7-5-13-6-8-16/h1-4,9,13H,5-8H2. The number of hydrogen-bond donors (Lipinski definition) is 1. The summed E-state index contributed by atoms with van der Waals surface area (Å²) in [6.45, 7) is 4.06. The fraction of sp³-hybridized carbons (Fsp3) is 0.333. The smallest absolute Gasteiger partial charge is 0.151 e. The summed E-state index contributed by atoms with van der Waals surface area (Å²) in [5.74, 6) is 0.979. The van der Waals surface area contributed by atoms with Crippen LogP contribution in [0, 0.1) is 0 Å². The summed E-state index contributed by atoms with van der Waals surface area (Å²) in [6, 6.07) is 8.22. The molecule has 4 nitrogen and oxygen atoms in total. The Hall–Kier alpha value is -1.46. The molecule has 0 aliphatic carbocycles. The predicted octanol–water partition coefficient (Wildman–Crippen LogP) is 1.61.